The zero-order chi connectivity index (χ0) is 30.8. The fraction of sp³-hybridized carbons (Fsp3) is 0.250. The molecule has 0 radical (unpaired) electrons. The summed E-state index contributed by atoms with van der Waals surface area (Å²) < 4.78 is 1.81. The molecular formula is C36H38N4O5. The molecule has 0 aliphatic carbocycles. The molecule has 4 aromatic carbocycles. The molecule has 0 spiro atoms. The van der Waals surface area contributed by atoms with Gasteiger partial charge in [-0.25, -0.2) is 0 Å². The van der Waals surface area contributed by atoms with Crippen LogP contribution in [0.4, 0.5) is 0 Å². The topological polar surface area (TPSA) is 126 Å². The molecule has 1 aromatic heterocycles. The molecule has 0 unspecified atom stereocenters. The predicted octanol–water partition coefficient (Wildman–Crippen LogP) is 3.47. The van der Waals surface area contributed by atoms with E-state index in [1.54, 1.807) is 11.9 Å². The SMILES string of the molecule is CN(Cc1ccccc1)C(=O)[C@H](Cc1ccc2ccccc2c1)NC(=O)[C@@H]1C[C@@H](O)CN1C(=O)c1cc2ccccc2n1C.O. The van der Waals surface area contributed by atoms with Crippen molar-refractivity contribution >= 4 is 39.4 Å². The Morgan fingerprint density at radius 1 is 0.867 bits per heavy atom. The number of carbonyl (C=O) groups is 3. The summed E-state index contributed by atoms with van der Waals surface area (Å²) in [7, 11) is 3.54. The fourth-order valence-corrected chi connectivity index (χ4v) is 6.20. The first-order valence-corrected chi connectivity index (χ1v) is 14.9. The number of rotatable bonds is 8. The lowest BCUT2D eigenvalue weighted by molar-refractivity contribution is -0.136. The van der Waals surface area contributed by atoms with E-state index in [0.717, 1.165) is 32.8 Å². The molecule has 0 saturated carbocycles. The summed E-state index contributed by atoms with van der Waals surface area (Å²) in [6.07, 6.45) is -0.473. The Kier molecular flexibility index (Phi) is 9.32. The monoisotopic (exact) mass is 606 g/mol. The van der Waals surface area contributed by atoms with E-state index in [2.05, 4.69) is 5.32 Å². The smallest absolute Gasteiger partial charge is 0.271 e. The summed E-state index contributed by atoms with van der Waals surface area (Å²) in [6, 6.07) is 31.4. The Hall–Kier alpha value is -4.99. The van der Waals surface area contributed by atoms with Crippen molar-refractivity contribution in [2.75, 3.05) is 13.6 Å². The molecule has 9 nitrogen and oxygen atoms in total. The van der Waals surface area contributed by atoms with E-state index in [9.17, 15) is 19.5 Å². The van der Waals surface area contributed by atoms with E-state index < -0.39 is 24.1 Å². The van der Waals surface area contributed by atoms with Gasteiger partial charge in [-0.05, 0) is 34.0 Å². The lowest BCUT2D eigenvalue weighted by Crippen LogP contribution is -2.54. The van der Waals surface area contributed by atoms with Gasteiger partial charge < -0.3 is 30.3 Å². The highest BCUT2D eigenvalue weighted by molar-refractivity contribution is 6.01. The molecule has 9 heteroatoms. The fourth-order valence-electron chi connectivity index (χ4n) is 6.20. The molecular weight excluding hydrogens is 568 g/mol. The number of aryl methyl sites for hydroxylation is 1. The van der Waals surface area contributed by atoms with Gasteiger partial charge in [-0.15, -0.1) is 0 Å². The lowest BCUT2D eigenvalue weighted by atomic mass is 10.00. The third kappa shape index (κ3) is 6.60. The van der Waals surface area contributed by atoms with E-state index in [1.165, 1.54) is 4.90 Å². The van der Waals surface area contributed by atoms with Crippen LogP contribution in [0.5, 0.6) is 0 Å². The van der Waals surface area contributed by atoms with Crippen molar-refractivity contribution in [1.82, 2.24) is 19.7 Å². The minimum Gasteiger partial charge on any atom is -0.412 e. The van der Waals surface area contributed by atoms with E-state index in [0.29, 0.717) is 12.2 Å². The van der Waals surface area contributed by atoms with E-state index in [-0.39, 0.29) is 36.7 Å². The van der Waals surface area contributed by atoms with Crippen LogP contribution in [0.1, 0.15) is 28.0 Å². The second-order valence-electron chi connectivity index (χ2n) is 11.6. The molecule has 3 amide bonds. The number of likely N-dealkylation sites (N-methyl/N-ethyl adjacent to an activating group) is 1. The molecule has 5 aromatic rings. The third-order valence-corrected chi connectivity index (χ3v) is 8.52. The molecule has 232 valence electrons. The molecule has 1 saturated heterocycles. The summed E-state index contributed by atoms with van der Waals surface area (Å²) in [4.78, 5) is 44.6. The molecule has 1 aliphatic heterocycles. The maximum atomic E-state index is 13.9. The highest BCUT2D eigenvalue weighted by Crippen LogP contribution is 2.25. The van der Waals surface area contributed by atoms with Crippen molar-refractivity contribution in [3.8, 4) is 0 Å². The molecule has 0 bridgehead atoms. The summed E-state index contributed by atoms with van der Waals surface area (Å²) in [6.45, 7) is 0.424. The van der Waals surface area contributed by atoms with Gasteiger partial charge in [0.1, 0.15) is 17.8 Å². The van der Waals surface area contributed by atoms with Crippen LogP contribution in [0.2, 0.25) is 0 Å². The number of amides is 3. The van der Waals surface area contributed by atoms with Gasteiger partial charge in [0.15, 0.2) is 0 Å². The summed E-state index contributed by atoms with van der Waals surface area (Å²) in [5.41, 5.74) is 3.22. The van der Waals surface area contributed by atoms with Gasteiger partial charge in [-0.1, -0.05) is 91.0 Å². The predicted molar refractivity (Wildman–Crippen MR) is 174 cm³/mol. The van der Waals surface area contributed by atoms with E-state index in [4.69, 9.17) is 0 Å². The number of para-hydroxylation sites is 1. The number of hydrogen-bond acceptors (Lipinski definition) is 4. The maximum absolute atomic E-state index is 13.9. The Bertz CT molecular complexity index is 1840. The van der Waals surface area contributed by atoms with Crippen LogP contribution in [-0.4, -0.2) is 74.5 Å². The molecule has 3 atom stereocenters. The van der Waals surface area contributed by atoms with Crippen molar-refractivity contribution in [2.45, 2.75) is 37.6 Å². The standard InChI is InChI=1S/C36H36N4O4.H2O/c1-38(22-24-10-4-3-5-11-24)35(43)30(19-25-16-17-26-12-6-7-13-27(26)18-25)37-34(42)32-21-29(41)23-40(32)36(44)33-20-28-14-8-9-15-31(28)39(33)2;/h3-18,20,29-30,32,41H,19,21-23H2,1-2H3,(H,37,42);1H2/t29-,30+,32+;/m1./s1. The Morgan fingerprint density at radius 2 is 1.53 bits per heavy atom. The third-order valence-electron chi connectivity index (χ3n) is 8.52. The zero-order valence-corrected chi connectivity index (χ0v) is 25.4. The first kappa shape index (κ1) is 31.4. The average Bonchev–Trinajstić information content (AvgIpc) is 3.60. The van der Waals surface area contributed by atoms with Gasteiger partial charge in [0.2, 0.25) is 11.8 Å². The number of aromatic nitrogens is 1. The van der Waals surface area contributed by atoms with E-state index >= 15 is 0 Å². The Morgan fingerprint density at radius 3 is 2.27 bits per heavy atom. The largest absolute Gasteiger partial charge is 0.412 e. The van der Waals surface area contributed by atoms with E-state index in [1.807, 2.05) is 115 Å². The summed E-state index contributed by atoms with van der Waals surface area (Å²) in [5, 5.41) is 16.6. The second kappa shape index (κ2) is 13.3. The van der Waals surface area contributed by atoms with Gasteiger partial charge in [0.25, 0.3) is 5.91 Å². The number of aliphatic hydroxyl groups excluding tert-OH is 1. The van der Waals surface area contributed by atoms with Crippen molar-refractivity contribution in [1.29, 1.82) is 0 Å². The van der Waals surface area contributed by atoms with Crippen LogP contribution in [0.3, 0.4) is 0 Å². The molecule has 4 N–H and O–H groups in total. The number of likely N-dealkylation sites (tertiary alicyclic amines) is 1. The number of carbonyl (C=O) groups excluding carboxylic acids is 3. The Balaban J connectivity index is 0.00000400. The minimum absolute atomic E-state index is 0. The highest BCUT2D eigenvalue weighted by Gasteiger charge is 2.41. The van der Waals surface area contributed by atoms with Crippen LogP contribution >= 0.6 is 0 Å². The first-order valence-electron chi connectivity index (χ1n) is 14.9. The number of fused-ring (bicyclic) bond motifs is 2. The first-order chi connectivity index (χ1) is 21.3. The van der Waals surface area contributed by atoms with Gasteiger partial charge in [0.05, 0.1) is 6.10 Å². The average molecular weight is 607 g/mol. The number of nitrogens with zero attached hydrogens (tertiary/aromatic N) is 3. The lowest BCUT2D eigenvalue weighted by Gasteiger charge is -2.28. The van der Waals surface area contributed by atoms with Crippen LogP contribution < -0.4 is 5.32 Å². The number of aliphatic hydroxyl groups is 1. The quantitative estimate of drug-likeness (QED) is 0.281. The van der Waals surface area contributed by atoms with Gasteiger partial charge in [-0.2, -0.15) is 0 Å². The number of hydrogen-bond donors (Lipinski definition) is 2. The number of nitrogens with one attached hydrogen (secondary N) is 1. The number of benzene rings is 4. The number of β-amino-alcohol motifs (C(OH)–C–C–N with tert-alkyl or cyclic N) is 1. The molecule has 6 rings (SSSR count). The van der Waals surface area contributed by atoms with Crippen molar-refractivity contribution in [2.24, 2.45) is 7.05 Å². The molecule has 1 aliphatic rings. The molecule has 2 heterocycles. The second-order valence-corrected chi connectivity index (χ2v) is 11.6. The van der Waals surface area contributed by atoms with Gasteiger partial charge >= 0.3 is 0 Å². The maximum Gasteiger partial charge on any atom is 0.271 e. The Labute approximate surface area is 262 Å². The van der Waals surface area contributed by atoms with Gasteiger partial charge in [-0.3, -0.25) is 14.4 Å². The normalized spacial score (nSPS) is 16.7. The van der Waals surface area contributed by atoms with Crippen LogP contribution in [-0.2, 0) is 29.6 Å². The van der Waals surface area contributed by atoms with Crippen molar-refractivity contribution in [3.63, 3.8) is 0 Å². The molecule has 1 fully saturated rings. The highest BCUT2D eigenvalue weighted by atomic mass is 16.3. The zero-order valence-electron chi connectivity index (χ0n) is 25.4. The van der Waals surface area contributed by atoms with Gasteiger partial charge in [0, 0.05) is 50.9 Å². The minimum atomic E-state index is -0.915. The van der Waals surface area contributed by atoms with Crippen molar-refractivity contribution < 1.29 is 25.0 Å². The summed E-state index contributed by atoms with van der Waals surface area (Å²) >= 11 is 0. The van der Waals surface area contributed by atoms with Crippen molar-refractivity contribution in [3.05, 3.63) is 120 Å². The van der Waals surface area contributed by atoms with Crippen LogP contribution in [0.25, 0.3) is 21.7 Å². The molecule has 45 heavy (non-hydrogen) atoms. The van der Waals surface area contributed by atoms with Crippen LogP contribution in [0.15, 0.2) is 103 Å². The summed E-state index contributed by atoms with van der Waals surface area (Å²) in [5.74, 6) is -1.03. The van der Waals surface area contributed by atoms with Crippen LogP contribution in [0, 0.1) is 0 Å².